The molecule has 1 aromatic carbocycles. The number of carboxylic acids is 1. The van der Waals surface area contributed by atoms with Crippen LogP contribution < -0.4 is 0 Å². The largest absolute Gasteiger partial charge is 0.476 e. The normalized spacial score (nSPS) is 9.71. The number of ketones is 1. The van der Waals surface area contributed by atoms with Gasteiger partial charge in [-0.25, -0.2) is 4.79 Å². The number of rotatable bonds is 5. The molecule has 0 aliphatic rings. The molecule has 0 bridgehead atoms. The van der Waals surface area contributed by atoms with E-state index in [-0.39, 0.29) is 6.42 Å². The first-order chi connectivity index (χ1) is 6.70. The summed E-state index contributed by atoms with van der Waals surface area (Å²) in [6.45, 7) is 0. The topological polar surface area (TPSA) is 54.4 Å². The van der Waals surface area contributed by atoms with E-state index in [1.165, 1.54) is 0 Å². The number of hydrogen-bond donors (Lipinski definition) is 1. The zero-order valence-corrected chi connectivity index (χ0v) is 7.77. The molecule has 74 valence electrons. The van der Waals surface area contributed by atoms with Crippen LogP contribution in [0, 0.1) is 0 Å². The number of benzene rings is 1. The Morgan fingerprint density at radius 1 is 1.14 bits per heavy atom. The fourth-order valence-corrected chi connectivity index (χ4v) is 1.20. The van der Waals surface area contributed by atoms with Crippen LogP contribution in [0.5, 0.6) is 0 Å². The molecule has 1 N–H and O–H groups in total. The van der Waals surface area contributed by atoms with Gasteiger partial charge in [0.2, 0.25) is 5.78 Å². The quantitative estimate of drug-likeness (QED) is 0.722. The number of hydrogen-bond acceptors (Lipinski definition) is 2. The van der Waals surface area contributed by atoms with Crippen molar-refractivity contribution in [1.29, 1.82) is 0 Å². The number of aliphatic carboxylic acids is 1. The van der Waals surface area contributed by atoms with Crippen LogP contribution in [-0.2, 0) is 16.0 Å². The Hall–Kier alpha value is -1.64. The van der Waals surface area contributed by atoms with E-state index < -0.39 is 11.8 Å². The maximum atomic E-state index is 10.7. The average molecular weight is 192 g/mol. The second-order valence-corrected chi connectivity index (χ2v) is 3.07. The van der Waals surface area contributed by atoms with Gasteiger partial charge in [-0.05, 0) is 18.4 Å². The lowest BCUT2D eigenvalue weighted by atomic mass is 10.1. The Morgan fingerprint density at radius 3 is 2.36 bits per heavy atom. The van der Waals surface area contributed by atoms with Crippen LogP contribution in [0.3, 0.4) is 0 Å². The van der Waals surface area contributed by atoms with Crippen molar-refractivity contribution in [3.05, 3.63) is 35.9 Å². The Morgan fingerprint density at radius 2 is 1.79 bits per heavy atom. The van der Waals surface area contributed by atoms with Gasteiger partial charge in [0.1, 0.15) is 0 Å². The number of carboxylic acid groups (broad SMARTS) is 1. The molecule has 0 heterocycles. The van der Waals surface area contributed by atoms with Crippen molar-refractivity contribution < 1.29 is 14.7 Å². The van der Waals surface area contributed by atoms with Crippen molar-refractivity contribution in [3.63, 3.8) is 0 Å². The molecule has 14 heavy (non-hydrogen) atoms. The third-order valence-electron chi connectivity index (χ3n) is 1.95. The van der Waals surface area contributed by atoms with Gasteiger partial charge < -0.3 is 5.11 Å². The third kappa shape index (κ3) is 3.39. The highest BCUT2D eigenvalue weighted by Crippen LogP contribution is 2.04. The summed E-state index contributed by atoms with van der Waals surface area (Å²) >= 11 is 0. The smallest absolute Gasteiger partial charge is 0.372 e. The maximum absolute atomic E-state index is 10.7. The number of Topliss-reactive ketones (excluding diaryl/α,β-unsaturated/α-hetero) is 1. The maximum Gasteiger partial charge on any atom is 0.372 e. The first-order valence-electron chi connectivity index (χ1n) is 4.50. The highest BCUT2D eigenvalue weighted by Gasteiger charge is 2.09. The Balaban J connectivity index is 2.29. The summed E-state index contributed by atoms with van der Waals surface area (Å²) in [5, 5.41) is 8.33. The van der Waals surface area contributed by atoms with E-state index in [4.69, 9.17) is 5.11 Å². The molecule has 0 saturated carbocycles. The zero-order valence-electron chi connectivity index (χ0n) is 7.77. The summed E-state index contributed by atoms with van der Waals surface area (Å²) in [6, 6.07) is 9.70. The average Bonchev–Trinajstić information content (AvgIpc) is 2.19. The van der Waals surface area contributed by atoms with E-state index in [9.17, 15) is 9.59 Å². The molecule has 0 fully saturated rings. The van der Waals surface area contributed by atoms with Crippen molar-refractivity contribution in [1.82, 2.24) is 0 Å². The van der Waals surface area contributed by atoms with Gasteiger partial charge in [-0.15, -0.1) is 0 Å². The standard InChI is InChI=1S/C11H12O3/c12-10(11(13)14)8-4-7-9-5-2-1-3-6-9/h1-3,5-6H,4,7-8H2,(H,13,14). The Labute approximate surface area is 82.4 Å². The van der Waals surface area contributed by atoms with Crippen LogP contribution in [0.15, 0.2) is 30.3 Å². The van der Waals surface area contributed by atoms with Gasteiger partial charge in [0.05, 0.1) is 0 Å². The third-order valence-corrected chi connectivity index (χ3v) is 1.95. The van der Waals surface area contributed by atoms with Crippen LogP contribution in [0.1, 0.15) is 18.4 Å². The molecule has 0 aliphatic carbocycles. The van der Waals surface area contributed by atoms with Crippen LogP contribution in [0.2, 0.25) is 0 Å². The number of carbonyl (C=O) groups is 2. The predicted octanol–water partition coefficient (Wildman–Crippen LogP) is 1.66. The lowest BCUT2D eigenvalue weighted by Gasteiger charge is -1.98. The molecule has 0 aromatic heterocycles. The summed E-state index contributed by atoms with van der Waals surface area (Å²) in [7, 11) is 0. The van der Waals surface area contributed by atoms with E-state index in [2.05, 4.69) is 0 Å². The van der Waals surface area contributed by atoms with E-state index in [0.717, 1.165) is 12.0 Å². The highest BCUT2D eigenvalue weighted by molar-refractivity contribution is 6.32. The summed E-state index contributed by atoms with van der Waals surface area (Å²) in [5.74, 6) is -2.04. The van der Waals surface area contributed by atoms with Gasteiger partial charge in [0.25, 0.3) is 0 Å². The van der Waals surface area contributed by atoms with Crippen molar-refractivity contribution in [3.8, 4) is 0 Å². The molecule has 0 spiro atoms. The second-order valence-electron chi connectivity index (χ2n) is 3.07. The van der Waals surface area contributed by atoms with Crippen molar-refractivity contribution in [2.24, 2.45) is 0 Å². The first-order valence-corrected chi connectivity index (χ1v) is 4.50. The van der Waals surface area contributed by atoms with Crippen LogP contribution in [0.25, 0.3) is 0 Å². The Bertz CT molecular complexity index is 317. The zero-order chi connectivity index (χ0) is 10.4. The monoisotopic (exact) mass is 192 g/mol. The van der Waals surface area contributed by atoms with Gasteiger partial charge in [-0.1, -0.05) is 30.3 Å². The molecular weight excluding hydrogens is 180 g/mol. The number of aryl methyl sites for hydroxylation is 1. The Kier molecular flexibility index (Phi) is 3.85. The molecule has 0 unspecified atom stereocenters. The highest BCUT2D eigenvalue weighted by atomic mass is 16.4. The van der Waals surface area contributed by atoms with E-state index in [0.29, 0.717) is 6.42 Å². The van der Waals surface area contributed by atoms with Crippen molar-refractivity contribution in [2.75, 3.05) is 0 Å². The minimum atomic E-state index is -1.34. The van der Waals surface area contributed by atoms with Crippen LogP contribution in [-0.4, -0.2) is 16.9 Å². The molecule has 1 aromatic rings. The van der Waals surface area contributed by atoms with Crippen molar-refractivity contribution in [2.45, 2.75) is 19.3 Å². The SMILES string of the molecule is O=C(O)C(=O)CCCc1ccccc1. The molecule has 0 saturated heterocycles. The molecule has 3 heteroatoms. The fraction of sp³-hybridized carbons (Fsp3) is 0.273. The molecule has 0 aliphatic heterocycles. The molecule has 0 radical (unpaired) electrons. The minimum Gasteiger partial charge on any atom is -0.476 e. The molecular formula is C11H12O3. The summed E-state index contributed by atoms with van der Waals surface area (Å²) < 4.78 is 0. The molecule has 0 atom stereocenters. The van der Waals surface area contributed by atoms with Crippen molar-refractivity contribution >= 4 is 11.8 Å². The summed E-state index contributed by atoms with van der Waals surface area (Å²) in [6.07, 6.45) is 1.46. The lowest BCUT2D eigenvalue weighted by Crippen LogP contribution is -2.12. The van der Waals surface area contributed by atoms with E-state index in [1.807, 2.05) is 30.3 Å². The van der Waals surface area contributed by atoms with Gasteiger partial charge in [-0.2, -0.15) is 0 Å². The van der Waals surface area contributed by atoms with E-state index in [1.54, 1.807) is 0 Å². The second kappa shape index (κ2) is 5.17. The number of carbonyl (C=O) groups excluding carboxylic acids is 1. The van der Waals surface area contributed by atoms with Crippen LogP contribution in [0.4, 0.5) is 0 Å². The first kappa shape index (κ1) is 10.4. The van der Waals surface area contributed by atoms with Gasteiger partial charge in [0, 0.05) is 6.42 Å². The summed E-state index contributed by atoms with van der Waals surface area (Å²) in [5.41, 5.74) is 1.13. The molecule has 0 amide bonds. The molecule has 1 rings (SSSR count). The minimum absolute atomic E-state index is 0.115. The predicted molar refractivity (Wildman–Crippen MR) is 52.0 cm³/mol. The van der Waals surface area contributed by atoms with Gasteiger partial charge in [0.15, 0.2) is 0 Å². The van der Waals surface area contributed by atoms with Gasteiger partial charge in [-0.3, -0.25) is 4.79 Å². The van der Waals surface area contributed by atoms with E-state index >= 15 is 0 Å². The van der Waals surface area contributed by atoms with Crippen LogP contribution >= 0.6 is 0 Å². The summed E-state index contributed by atoms with van der Waals surface area (Å²) in [4.78, 5) is 20.9. The fourth-order valence-electron chi connectivity index (χ4n) is 1.20. The molecule has 3 nitrogen and oxygen atoms in total. The lowest BCUT2D eigenvalue weighted by molar-refractivity contribution is -0.149. The van der Waals surface area contributed by atoms with Gasteiger partial charge >= 0.3 is 5.97 Å².